The first-order chi connectivity index (χ1) is 13.9. The monoisotopic (exact) mass is 416 g/mol. The molecule has 0 saturated carbocycles. The SMILES string of the molecule is C=CC(=O)N1CCC[C@@H](C(=O)N(CCC)Cc2nc3cc(Cl)ccc3c(=O)[nH]2)C1. The van der Waals surface area contributed by atoms with Gasteiger partial charge in [0.05, 0.1) is 23.4 Å². The van der Waals surface area contributed by atoms with Crippen molar-refractivity contribution >= 4 is 34.3 Å². The Bertz CT molecular complexity index is 988. The first-order valence-corrected chi connectivity index (χ1v) is 10.2. The Balaban J connectivity index is 1.81. The van der Waals surface area contributed by atoms with E-state index < -0.39 is 0 Å². The molecule has 1 aromatic carbocycles. The highest BCUT2D eigenvalue weighted by Gasteiger charge is 2.30. The third-order valence-corrected chi connectivity index (χ3v) is 5.36. The number of likely N-dealkylation sites (tertiary alicyclic amines) is 1. The fourth-order valence-corrected chi connectivity index (χ4v) is 3.89. The number of rotatable bonds is 6. The Hall–Kier alpha value is -2.67. The van der Waals surface area contributed by atoms with E-state index in [4.69, 9.17) is 11.6 Å². The largest absolute Gasteiger partial charge is 0.338 e. The summed E-state index contributed by atoms with van der Waals surface area (Å²) >= 11 is 6.03. The molecule has 1 aliphatic heterocycles. The molecule has 1 aliphatic rings. The summed E-state index contributed by atoms with van der Waals surface area (Å²) < 4.78 is 0. The maximum absolute atomic E-state index is 13.2. The lowest BCUT2D eigenvalue weighted by Gasteiger charge is -2.34. The van der Waals surface area contributed by atoms with E-state index in [-0.39, 0.29) is 29.8 Å². The molecule has 1 N–H and O–H groups in total. The maximum atomic E-state index is 13.2. The van der Waals surface area contributed by atoms with Crippen molar-refractivity contribution in [3.63, 3.8) is 0 Å². The van der Waals surface area contributed by atoms with Crippen LogP contribution >= 0.6 is 11.6 Å². The lowest BCUT2D eigenvalue weighted by molar-refractivity contribution is -0.140. The first-order valence-electron chi connectivity index (χ1n) is 9.81. The van der Waals surface area contributed by atoms with Crippen LogP contribution < -0.4 is 5.56 Å². The van der Waals surface area contributed by atoms with E-state index in [1.54, 1.807) is 28.0 Å². The molecule has 0 unspecified atom stereocenters. The van der Waals surface area contributed by atoms with Gasteiger partial charge < -0.3 is 14.8 Å². The predicted molar refractivity (Wildman–Crippen MR) is 113 cm³/mol. The van der Waals surface area contributed by atoms with Gasteiger partial charge in [0.1, 0.15) is 5.82 Å². The van der Waals surface area contributed by atoms with Crippen molar-refractivity contribution < 1.29 is 9.59 Å². The Morgan fingerprint density at radius 2 is 2.24 bits per heavy atom. The number of hydrogen-bond acceptors (Lipinski definition) is 4. The molecule has 29 heavy (non-hydrogen) atoms. The van der Waals surface area contributed by atoms with Gasteiger partial charge in [0.25, 0.3) is 5.56 Å². The second kappa shape index (κ2) is 9.22. The van der Waals surface area contributed by atoms with Crippen LogP contribution in [0.15, 0.2) is 35.6 Å². The fourth-order valence-electron chi connectivity index (χ4n) is 3.72. The summed E-state index contributed by atoms with van der Waals surface area (Å²) in [6.45, 7) is 7.30. The van der Waals surface area contributed by atoms with Gasteiger partial charge in [-0.15, -0.1) is 0 Å². The van der Waals surface area contributed by atoms with Crippen LogP contribution in [0.5, 0.6) is 0 Å². The number of nitrogens with zero attached hydrogens (tertiary/aromatic N) is 3. The van der Waals surface area contributed by atoms with E-state index >= 15 is 0 Å². The molecule has 1 fully saturated rings. The number of halogens is 1. The van der Waals surface area contributed by atoms with E-state index in [9.17, 15) is 14.4 Å². The first kappa shape index (κ1) is 21.0. The van der Waals surface area contributed by atoms with Crippen LogP contribution in [0.4, 0.5) is 0 Å². The van der Waals surface area contributed by atoms with E-state index in [0.717, 1.165) is 19.3 Å². The Morgan fingerprint density at radius 1 is 1.45 bits per heavy atom. The molecule has 1 atom stereocenters. The quantitative estimate of drug-likeness (QED) is 0.733. The molecule has 0 radical (unpaired) electrons. The summed E-state index contributed by atoms with van der Waals surface area (Å²) in [5.74, 6) is -0.0218. The van der Waals surface area contributed by atoms with Gasteiger partial charge in [-0.2, -0.15) is 0 Å². The number of carbonyl (C=O) groups excluding carboxylic acids is 2. The molecule has 2 aromatic rings. The number of aromatic nitrogens is 2. The number of amides is 2. The zero-order valence-electron chi connectivity index (χ0n) is 16.5. The lowest BCUT2D eigenvalue weighted by Crippen LogP contribution is -2.46. The molecule has 2 amide bonds. The molecule has 2 heterocycles. The van der Waals surface area contributed by atoms with E-state index in [1.807, 2.05) is 6.92 Å². The zero-order valence-corrected chi connectivity index (χ0v) is 17.2. The van der Waals surface area contributed by atoms with Crippen molar-refractivity contribution in [2.75, 3.05) is 19.6 Å². The molecule has 0 aliphatic carbocycles. The maximum Gasteiger partial charge on any atom is 0.258 e. The van der Waals surface area contributed by atoms with Crippen molar-refractivity contribution in [2.45, 2.75) is 32.7 Å². The van der Waals surface area contributed by atoms with Crippen molar-refractivity contribution in [3.8, 4) is 0 Å². The van der Waals surface area contributed by atoms with Gasteiger partial charge >= 0.3 is 0 Å². The number of carbonyl (C=O) groups is 2. The minimum atomic E-state index is -0.263. The number of benzene rings is 1. The van der Waals surface area contributed by atoms with Crippen LogP contribution in [0, 0.1) is 5.92 Å². The third kappa shape index (κ3) is 4.85. The van der Waals surface area contributed by atoms with Crippen LogP contribution in [0.3, 0.4) is 0 Å². The van der Waals surface area contributed by atoms with Crippen molar-refractivity contribution in [3.05, 3.63) is 52.1 Å². The summed E-state index contributed by atoms with van der Waals surface area (Å²) in [7, 11) is 0. The number of aromatic amines is 1. The average molecular weight is 417 g/mol. The Labute approximate surface area is 174 Å². The zero-order chi connectivity index (χ0) is 21.0. The molecule has 7 nitrogen and oxygen atoms in total. The van der Waals surface area contributed by atoms with Gasteiger partial charge in [-0.05, 0) is 43.5 Å². The minimum absolute atomic E-state index is 0.0257. The predicted octanol–water partition coefficient (Wildman–Crippen LogP) is 2.74. The van der Waals surface area contributed by atoms with Crippen LogP contribution in [-0.2, 0) is 16.1 Å². The lowest BCUT2D eigenvalue weighted by atomic mass is 9.96. The highest BCUT2D eigenvalue weighted by atomic mass is 35.5. The highest BCUT2D eigenvalue weighted by Crippen LogP contribution is 2.21. The van der Waals surface area contributed by atoms with E-state index in [0.29, 0.717) is 41.4 Å². The van der Waals surface area contributed by atoms with Crippen LogP contribution in [0.25, 0.3) is 10.9 Å². The summed E-state index contributed by atoms with van der Waals surface area (Å²) in [6.07, 6.45) is 3.57. The Kier molecular flexibility index (Phi) is 6.69. The molecule has 3 rings (SSSR count). The van der Waals surface area contributed by atoms with E-state index in [1.165, 1.54) is 6.08 Å². The summed E-state index contributed by atoms with van der Waals surface area (Å²) in [5.41, 5.74) is 0.242. The summed E-state index contributed by atoms with van der Waals surface area (Å²) in [5, 5.41) is 0.953. The third-order valence-electron chi connectivity index (χ3n) is 5.12. The van der Waals surface area contributed by atoms with E-state index in [2.05, 4.69) is 16.5 Å². The van der Waals surface area contributed by atoms with Gasteiger partial charge in [0.2, 0.25) is 11.8 Å². The van der Waals surface area contributed by atoms with Gasteiger partial charge in [-0.3, -0.25) is 14.4 Å². The normalized spacial score (nSPS) is 16.6. The molecule has 0 spiro atoms. The molecule has 0 bridgehead atoms. The van der Waals surface area contributed by atoms with Gasteiger partial charge in [0, 0.05) is 24.7 Å². The Morgan fingerprint density at radius 3 is 2.97 bits per heavy atom. The molecule has 1 saturated heterocycles. The van der Waals surface area contributed by atoms with Crippen LogP contribution in [-0.4, -0.2) is 51.2 Å². The number of fused-ring (bicyclic) bond motifs is 1. The van der Waals surface area contributed by atoms with Crippen LogP contribution in [0.2, 0.25) is 5.02 Å². The second-order valence-electron chi connectivity index (χ2n) is 7.26. The topological polar surface area (TPSA) is 86.4 Å². The smallest absolute Gasteiger partial charge is 0.258 e. The number of hydrogen-bond donors (Lipinski definition) is 1. The summed E-state index contributed by atoms with van der Waals surface area (Å²) in [4.78, 5) is 48.1. The van der Waals surface area contributed by atoms with Crippen molar-refractivity contribution in [1.29, 1.82) is 0 Å². The van der Waals surface area contributed by atoms with Gasteiger partial charge in [0.15, 0.2) is 0 Å². The fraction of sp³-hybridized carbons (Fsp3) is 0.429. The van der Waals surface area contributed by atoms with Crippen molar-refractivity contribution in [2.24, 2.45) is 5.92 Å². The number of nitrogens with one attached hydrogen (secondary N) is 1. The van der Waals surface area contributed by atoms with Crippen molar-refractivity contribution in [1.82, 2.24) is 19.8 Å². The second-order valence-corrected chi connectivity index (χ2v) is 7.70. The number of piperidine rings is 1. The standard InChI is InChI=1S/C21H25ClN4O3/c1-3-9-26(21(29)14-6-5-10-25(12-14)19(27)4-2)13-18-23-17-11-15(22)7-8-16(17)20(28)24-18/h4,7-8,11,14H,2-3,5-6,9-10,12-13H2,1H3,(H,23,24,28)/t14-/m1/s1. The molecule has 1 aromatic heterocycles. The molecular formula is C21H25ClN4O3. The highest BCUT2D eigenvalue weighted by molar-refractivity contribution is 6.31. The molecule has 154 valence electrons. The molecule has 8 heteroatoms. The van der Waals surface area contributed by atoms with Gasteiger partial charge in [-0.25, -0.2) is 4.98 Å². The minimum Gasteiger partial charge on any atom is -0.338 e. The number of H-pyrrole nitrogens is 1. The van der Waals surface area contributed by atoms with Gasteiger partial charge in [-0.1, -0.05) is 25.1 Å². The van der Waals surface area contributed by atoms with Crippen LogP contribution in [0.1, 0.15) is 32.0 Å². The average Bonchev–Trinajstić information content (AvgIpc) is 2.72. The molecular weight excluding hydrogens is 392 g/mol. The summed E-state index contributed by atoms with van der Waals surface area (Å²) in [6, 6.07) is 4.92.